The average molecular weight is 234 g/mol. The van der Waals surface area contributed by atoms with Gasteiger partial charge in [-0.3, -0.25) is 9.69 Å². The molecule has 5 nitrogen and oxygen atoms in total. The monoisotopic (exact) mass is 234 g/mol. The Morgan fingerprint density at radius 1 is 1.35 bits per heavy atom. The first-order valence-electron chi connectivity index (χ1n) is 5.82. The Bertz CT molecular complexity index is 399. The summed E-state index contributed by atoms with van der Waals surface area (Å²) in [7, 11) is 2.13. The van der Waals surface area contributed by atoms with Crippen LogP contribution in [-0.2, 0) is 6.54 Å². The van der Waals surface area contributed by atoms with Crippen LogP contribution in [0.1, 0.15) is 16.2 Å². The molecule has 2 N–H and O–H groups in total. The van der Waals surface area contributed by atoms with E-state index in [1.807, 2.05) is 12.1 Å². The maximum absolute atomic E-state index is 11.0. The van der Waals surface area contributed by atoms with Crippen molar-refractivity contribution in [2.24, 2.45) is 5.73 Å². The van der Waals surface area contributed by atoms with E-state index in [1.54, 1.807) is 6.07 Å². The molecule has 1 aliphatic heterocycles. The van der Waals surface area contributed by atoms with Gasteiger partial charge in [0.1, 0.15) is 5.69 Å². The van der Waals surface area contributed by atoms with Gasteiger partial charge in [-0.15, -0.1) is 0 Å². The zero-order valence-electron chi connectivity index (χ0n) is 10.1. The van der Waals surface area contributed by atoms with E-state index in [0.29, 0.717) is 5.69 Å². The fraction of sp³-hybridized carbons (Fsp3) is 0.500. The highest BCUT2D eigenvalue weighted by atomic mass is 16.1. The van der Waals surface area contributed by atoms with Crippen LogP contribution >= 0.6 is 0 Å². The normalized spacial score (nSPS) is 18.2. The smallest absolute Gasteiger partial charge is 0.267 e. The van der Waals surface area contributed by atoms with Gasteiger partial charge in [-0.1, -0.05) is 6.07 Å². The lowest BCUT2D eigenvalue weighted by atomic mass is 10.2. The number of hydrogen-bond donors (Lipinski definition) is 1. The lowest BCUT2D eigenvalue weighted by Crippen LogP contribution is -2.44. The summed E-state index contributed by atoms with van der Waals surface area (Å²) in [6, 6.07) is 5.42. The third-order valence-corrected chi connectivity index (χ3v) is 3.04. The molecule has 17 heavy (non-hydrogen) atoms. The zero-order valence-corrected chi connectivity index (χ0v) is 10.1. The third kappa shape index (κ3) is 3.25. The molecular weight excluding hydrogens is 216 g/mol. The number of rotatable bonds is 3. The van der Waals surface area contributed by atoms with E-state index < -0.39 is 5.91 Å². The predicted molar refractivity (Wildman–Crippen MR) is 65.5 cm³/mol. The van der Waals surface area contributed by atoms with Gasteiger partial charge in [0.15, 0.2) is 0 Å². The quantitative estimate of drug-likeness (QED) is 0.795. The molecule has 1 aromatic heterocycles. The van der Waals surface area contributed by atoms with Crippen molar-refractivity contribution in [3.8, 4) is 0 Å². The number of hydrogen-bond acceptors (Lipinski definition) is 4. The minimum Gasteiger partial charge on any atom is -0.364 e. The van der Waals surface area contributed by atoms with Crippen LogP contribution in [-0.4, -0.2) is 53.9 Å². The van der Waals surface area contributed by atoms with Crippen molar-refractivity contribution in [1.29, 1.82) is 0 Å². The van der Waals surface area contributed by atoms with Crippen LogP contribution < -0.4 is 5.73 Å². The fourth-order valence-electron chi connectivity index (χ4n) is 1.94. The summed E-state index contributed by atoms with van der Waals surface area (Å²) in [5.74, 6) is -0.467. The molecule has 0 aromatic carbocycles. The predicted octanol–water partition coefficient (Wildman–Crippen LogP) is -0.0721. The van der Waals surface area contributed by atoms with Gasteiger partial charge >= 0.3 is 0 Å². The molecule has 1 amide bonds. The van der Waals surface area contributed by atoms with Gasteiger partial charge in [-0.25, -0.2) is 4.98 Å². The second kappa shape index (κ2) is 5.25. The lowest BCUT2D eigenvalue weighted by molar-refractivity contribution is 0.0994. The van der Waals surface area contributed by atoms with Crippen LogP contribution in [0.15, 0.2) is 18.2 Å². The zero-order chi connectivity index (χ0) is 12.3. The van der Waals surface area contributed by atoms with E-state index in [0.717, 1.165) is 38.4 Å². The topological polar surface area (TPSA) is 62.5 Å². The molecule has 0 radical (unpaired) electrons. The molecule has 0 bridgehead atoms. The van der Waals surface area contributed by atoms with Gasteiger partial charge in [0.25, 0.3) is 5.91 Å². The van der Waals surface area contributed by atoms with Gasteiger partial charge in [-0.05, 0) is 19.2 Å². The fourth-order valence-corrected chi connectivity index (χ4v) is 1.94. The highest BCUT2D eigenvalue weighted by Gasteiger charge is 2.14. The Hall–Kier alpha value is -1.46. The molecule has 1 aromatic rings. The van der Waals surface area contributed by atoms with Crippen LogP contribution in [0.25, 0.3) is 0 Å². The first-order valence-corrected chi connectivity index (χ1v) is 5.82. The molecule has 1 saturated heterocycles. The van der Waals surface area contributed by atoms with E-state index in [-0.39, 0.29) is 0 Å². The van der Waals surface area contributed by atoms with Gasteiger partial charge in [0.05, 0.1) is 5.69 Å². The first-order chi connectivity index (χ1) is 8.15. The molecule has 2 rings (SSSR count). The Morgan fingerprint density at radius 3 is 2.71 bits per heavy atom. The molecule has 92 valence electrons. The summed E-state index contributed by atoms with van der Waals surface area (Å²) in [6.45, 7) is 5.03. The van der Waals surface area contributed by atoms with Crippen molar-refractivity contribution in [1.82, 2.24) is 14.8 Å². The maximum Gasteiger partial charge on any atom is 0.267 e. The molecule has 0 unspecified atom stereocenters. The number of likely N-dealkylation sites (N-methyl/N-ethyl adjacent to an activating group) is 1. The molecule has 0 aliphatic carbocycles. The van der Waals surface area contributed by atoms with Gasteiger partial charge in [0.2, 0.25) is 0 Å². The van der Waals surface area contributed by atoms with Crippen LogP contribution in [0.3, 0.4) is 0 Å². The molecule has 1 aliphatic rings. The van der Waals surface area contributed by atoms with Gasteiger partial charge in [0, 0.05) is 32.7 Å². The number of nitrogens with two attached hydrogens (primary N) is 1. The van der Waals surface area contributed by atoms with Crippen molar-refractivity contribution < 1.29 is 4.79 Å². The summed E-state index contributed by atoms with van der Waals surface area (Å²) >= 11 is 0. The Kier molecular flexibility index (Phi) is 3.71. The van der Waals surface area contributed by atoms with Crippen molar-refractivity contribution in [3.63, 3.8) is 0 Å². The summed E-state index contributed by atoms with van der Waals surface area (Å²) in [4.78, 5) is 19.9. The maximum atomic E-state index is 11.0. The van der Waals surface area contributed by atoms with Crippen molar-refractivity contribution in [3.05, 3.63) is 29.6 Å². The number of pyridine rings is 1. The number of carbonyl (C=O) groups is 1. The minimum atomic E-state index is -0.467. The van der Waals surface area contributed by atoms with Crippen LogP contribution in [0.2, 0.25) is 0 Å². The molecule has 2 heterocycles. The second-order valence-electron chi connectivity index (χ2n) is 4.46. The molecule has 0 atom stereocenters. The summed E-state index contributed by atoms with van der Waals surface area (Å²) < 4.78 is 0. The number of piperazine rings is 1. The molecule has 1 fully saturated rings. The standard InChI is InChI=1S/C12H18N4O/c1-15-5-7-16(8-6-15)9-10-3-2-4-11(14-10)12(13)17/h2-4H,5-9H2,1H3,(H2,13,17). The summed E-state index contributed by atoms with van der Waals surface area (Å²) in [5, 5.41) is 0. The van der Waals surface area contributed by atoms with Gasteiger partial charge < -0.3 is 10.6 Å². The molecular formula is C12H18N4O. The van der Waals surface area contributed by atoms with E-state index in [1.165, 1.54) is 0 Å². The largest absolute Gasteiger partial charge is 0.364 e. The van der Waals surface area contributed by atoms with Crippen molar-refractivity contribution >= 4 is 5.91 Å². The van der Waals surface area contributed by atoms with E-state index in [2.05, 4.69) is 21.8 Å². The molecule has 5 heteroatoms. The number of aromatic nitrogens is 1. The third-order valence-electron chi connectivity index (χ3n) is 3.04. The Labute approximate surface area is 101 Å². The number of primary amides is 1. The SMILES string of the molecule is CN1CCN(Cc2cccc(C(N)=O)n2)CC1. The molecule has 0 spiro atoms. The summed E-state index contributed by atoms with van der Waals surface area (Å²) in [5.41, 5.74) is 6.46. The van der Waals surface area contributed by atoms with Crippen molar-refractivity contribution in [2.45, 2.75) is 6.54 Å². The highest BCUT2D eigenvalue weighted by Crippen LogP contribution is 2.06. The highest BCUT2D eigenvalue weighted by molar-refractivity contribution is 5.90. The van der Waals surface area contributed by atoms with E-state index >= 15 is 0 Å². The Balaban J connectivity index is 1.98. The van der Waals surface area contributed by atoms with Crippen LogP contribution in [0.4, 0.5) is 0 Å². The number of nitrogens with zero attached hydrogens (tertiary/aromatic N) is 3. The Morgan fingerprint density at radius 2 is 2.06 bits per heavy atom. The van der Waals surface area contributed by atoms with Crippen molar-refractivity contribution in [2.75, 3.05) is 33.2 Å². The van der Waals surface area contributed by atoms with Gasteiger partial charge in [-0.2, -0.15) is 0 Å². The van der Waals surface area contributed by atoms with Crippen LogP contribution in [0.5, 0.6) is 0 Å². The number of carbonyl (C=O) groups excluding carboxylic acids is 1. The van der Waals surface area contributed by atoms with E-state index in [9.17, 15) is 4.79 Å². The van der Waals surface area contributed by atoms with E-state index in [4.69, 9.17) is 5.73 Å². The first kappa shape index (κ1) is 12.0. The minimum absolute atomic E-state index is 0.344. The molecule has 0 saturated carbocycles. The lowest BCUT2D eigenvalue weighted by Gasteiger charge is -2.32. The van der Waals surface area contributed by atoms with Crippen LogP contribution in [0, 0.1) is 0 Å². The second-order valence-corrected chi connectivity index (χ2v) is 4.46. The number of amides is 1. The average Bonchev–Trinajstić information content (AvgIpc) is 2.32. The summed E-state index contributed by atoms with van der Waals surface area (Å²) in [6.07, 6.45) is 0.